The molecular formula is C18H20N2O5S2. The molecule has 1 aromatic carbocycles. The van der Waals surface area contributed by atoms with Crippen molar-refractivity contribution in [2.45, 2.75) is 37.0 Å². The first-order valence-corrected chi connectivity index (χ1v) is 11.3. The quantitative estimate of drug-likeness (QED) is 0.769. The molecule has 0 unspecified atom stereocenters. The Morgan fingerprint density at radius 2 is 1.74 bits per heavy atom. The highest BCUT2D eigenvalue weighted by molar-refractivity contribution is 8.18. The molecule has 1 N–H and O–H groups in total. The first-order valence-electron chi connectivity index (χ1n) is 8.61. The molecule has 1 heterocycles. The lowest BCUT2D eigenvalue weighted by Crippen LogP contribution is -2.36. The van der Waals surface area contributed by atoms with Crippen LogP contribution in [0.5, 0.6) is 0 Å². The number of hydrogen-bond donors (Lipinski definition) is 1. The normalized spacial score (nSPS) is 18.2. The Bertz CT molecular complexity index is 912. The number of benzene rings is 1. The van der Waals surface area contributed by atoms with Gasteiger partial charge in [-0.3, -0.25) is 19.3 Å². The van der Waals surface area contributed by atoms with Crippen LogP contribution in [0.2, 0.25) is 0 Å². The predicted molar refractivity (Wildman–Crippen MR) is 103 cm³/mol. The lowest BCUT2D eigenvalue weighted by atomic mass is 9.94. The fraction of sp³-hybridized carbons (Fsp3) is 0.389. The molecule has 1 saturated heterocycles. The van der Waals surface area contributed by atoms with Gasteiger partial charge in [-0.2, -0.15) is 0 Å². The third-order valence-electron chi connectivity index (χ3n) is 4.50. The minimum absolute atomic E-state index is 0.144. The largest absolute Gasteiger partial charge is 0.325 e. The molecule has 7 nitrogen and oxygen atoms in total. The molecule has 144 valence electrons. The zero-order valence-electron chi connectivity index (χ0n) is 14.9. The number of allylic oxidation sites excluding steroid dienone is 1. The van der Waals surface area contributed by atoms with E-state index in [1.807, 2.05) is 0 Å². The first-order chi connectivity index (χ1) is 12.8. The van der Waals surface area contributed by atoms with E-state index in [0.29, 0.717) is 10.6 Å². The molecule has 0 radical (unpaired) electrons. The number of rotatable bonds is 4. The number of nitrogens with one attached hydrogen (secondary N) is 1. The fourth-order valence-electron chi connectivity index (χ4n) is 3.09. The Hall–Kier alpha value is -2.13. The highest BCUT2D eigenvalue weighted by Crippen LogP contribution is 2.38. The molecule has 2 fully saturated rings. The van der Waals surface area contributed by atoms with Gasteiger partial charge < -0.3 is 5.32 Å². The smallest absolute Gasteiger partial charge is 0.294 e. The first kappa shape index (κ1) is 19.6. The van der Waals surface area contributed by atoms with E-state index in [2.05, 4.69) is 5.32 Å². The summed E-state index contributed by atoms with van der Waals surface area (Å²) in [6, 6.07) is 5.70. The van der Waals surface area contributed by atoms with E-state index >= 15 is 0 Å². The molecule has 1 aromatic rings. The summed E-state index contributed by atoms with van der Waals surface area (Å²) in [6.45, 7) is -0.366. The molecule has 0 bridgehead atoms. The van der Waals surface area contributed by atoms with Crippen molar-refractivity contribution in [2.75, 3.05) is 18.1 Å². The van der Waals surface area contributed by atoms with Crippen LogP contribution in [0.1, 0.15) is 32.1 Å². The number of carbonyl (C=O) groups excluding carboxylic acids is 3. The average Bonchev–Trinajstić information content (AvgIpc) is 2.90. The van der Waals surface area contributed by atoms with Crippen molar-refractivity contribution in [1.29, 1.82) is 0 Å². The Morgan fingerprint density at radius 1 is 1.11 bits per heavy atom. The summed E-state index contributed by atoms with van der Waals surface area (Å²) >= 11 is 0.912. The van der Waals surface area contributed by atoms with Crippen LogP contribution in [0.15, 0.2) is 39.6 Å². The number of nitrogens with zero attached hydrogens (tertiary/aromatic N) is 1. The molecule has 1 saturated carbocycles. The van der Waals surface area contributed by atoms with Gasteiger partial charge in [0.25, 0.3) is 11.1 Å². The number of amides is 3. The molecule has 27 heavy (non-hydrogen) atoms. The van der Waals surface area contributed by atoms with Crippen molar-refractivity contribution in [3.05, 3.63) is 34.7 Å². The van der Waals surface area contributed by atoms with Crippen LogP contribution in [-0.2, 0) is 19.4 Å². The van der Waals surface area contributed by atoms with E-state index in [4.69, 9.17) is 0 Å². The SMILES string of the molecule is CS(=O)(=O)c1ccc(NC(=O)CN2C(=O)SC(=C3CCCCC3)C2=O)cc1. The van der Waals surface area contributed by atoms with Gasteiger partial charge in [0.1, 0.15) is 6.54 Å². The molecule has 2 aliphatic rings. The number of carbonyl (C=O) groups is 3. The van der Waals surface area contributed by atoms with Crippen LogP contribution in [0.25, 0.3) is 0 Å². The van der Waals surface area contributed by atoms with E-state index < -0.39 is 26.9 Å². The Labute approximate surface area is 162 Å². The van der Waals surface area contributed by atoms with E-state index in [1.54, 1.807) is 0 Å². The van der Waals surface area contributed by atoms with E-state index in [1.165, 1.54) is 24.3 Å². The minimum atomic E-state index is -3.32. The van der Waals surface area contributed by atoms with Crippen LogP contribution >= 0.6 is 11.8 Å². The van der Waals surface area contributed by atoms with Gasteiger partial charge in [-0.15, -0.1) is 0 Å². The summed E-state index contributed by atoms with van der Waals surface area (Å²) < 4.78 is 22.9. The van der Waals surface area contributed by atoms with Gasteiger partial charge in [-0.05, 0) is 61.7 Å². The predicted octanol–water partition coefficient (Wildman–Crippen LogP) is 2.94. The summed E-state index contributed by atoms with van der Waals surface area (Å²) in [5.74, 6) is -0.913. The van der Waals surface area contributed by atoms with Gasteiger partial charge in [0, 0.05) is 11.9 Å². The molecule has 0 atom stereocenters. The van der Waals surface area contributed by atoms with Crippen LogP contribution in [-0.4, -0.2) is 43.2 Å². The van der Waals surface area contributed by atoms with Crippen LogP contribution < -0.4 is 5.32 Å². The molecule has 1 aliphatic carbocycles. The standard InChI is InChI=1S/C18H20N2O5S2/c1-27(24,25)14-9-7-13(8-10-14)19-15(21)11-20-17(22)16(26-18(20)23)12-5-3-2-4-6-12/h7-10H,2-6,11H2,1H3,(H,19,21). The lowest BCUT2D eigenvalue weighted by molar-refractivity contribution is -0.127. The van der Waals surface area contributed by atoms with Crippen molar-refractivity contribution in [1.82, 2.24) is 4.90 Å². The zero-order valence-corrected chi connectivity index (χ0v) is 16.5. The zero-order chi connectivity index (χ0) is 19.6. The second-order valence-corrected chi connectivity index (χ2v) is 9.57. The molecule has 1 aliphatic heterocycles. The van der Waals surface area contributed by atoms with E-state index in [9.17, 15) is 22.8 Å². The molecular weight excluding hydrogens is 388 g/mol. The highest BCUT2D eigenvalue weighted by Gasteiger charge is 2.38. The third kappa shape index (κ3) is 4.59. The average molecular weight is 409 g/mol. The van der Waals surface area contributed by atoms with Crippen molar-refractivity contribution < 1.29 is 22.8 Å². The van der Waals surface area contributed by atoms with Gasteiger partial charge in [0.2, 0.25) is 5.91 Å². The molecule has 9 heteroatoms. The Kier molecular flexibility index (Phi) is 5.71. The van der Waals surface area contributed by atoms with Gasteiger partial charge in [-0.25, -0.2) is 8.42 Å². The van der Waals surface area contributed by atoms with Gasteiger partial charge in [0.15, 0.2) is 9.84 Å². The number of sulfone groups is 1. The van der Waals surface area contributed by atoms with Gasteiger partial charge in [0.05, 0.1) is 9.80 Å². The second kappa shape index (κ2) is 7.85. The monoisotopic (exact) mass is 408 g/mol. The maximum absolute atomic E-state index is 12.5. The molecule has 3 rings (SSSR count). The Balaban J connectivity index is 1.65. The molecule has 0 aromatic heterocycles. The number of hydrogen-bond acceptors (Lipinski definition) is 6. The van der Waals surface area contributed by atoms with Crippen molar-refractivity contribution in [2.24, 2.45) is 0 Å². The van der Waals surface area contributed by atoms with E-state index in [-0.39, 0.29) is 11.4 Å². The van der Waals surface area contributed by atoms with Crippen molar-refractivity contribution in [3.8, 4) is 0 Å². The van der Waals surface area contributed by atoms with Crippen molar-refractivity contribution in [3.63, 3.8) is 0 Å². The minimum Gasteiger partial charge on any atom is -0.325 e. The maximum atomic E-state index is 12.5. The summed E-state index contributed by atoms with van der Waals surface area (Å²) in [5, 5.41) is 2.14. The number of anilines is 1. The van der Waals surface area contributed by atoms with Crippen LogP contribution in [0, 0.1) is 0 Å². The summed E-state index contributed by atoms with van der Waals surface area (Å²) in [7, 11) is -3.32. The number of thioether (sulfide) groups is 1. The highest BCUT2D eigenvalue weighted by atomic mass is 32.2. The third-order valence-corrected chi connectivity index (χ3v) is 6.69. The maximum Gasteiger partial charge on any atom is 0.294 e. The van der Waals surface area contributed by atoms with Gasteiger partial charge in [-0.1, -0.05) is 12.0 Å². The van der Waals surface area contributed by atoms with Crippen LogP contribution in [0.4, 0.5) is 10.5 Å². The fourth-order valence-corrected chi connectivity index (χ4v) is 4.70. The summed E-state index contributed by atoms with van der Waals surface area (Å²) in [5.41, 5.74) is 1.41. The second-order valence-electron chi connectivity index (χ2n) is 6.60. The van der Waals surface area contributed by atoms with E-state index in [0.717, 1.165) is 60.6 Å². The summed E-state index contributed by atoms with van der Waals surface area (Å²) in [6.07, 6.45) is 5.92. The number of imide groups is 1. The molecule has 3 amide bonds. The Morgan fingerprint density at radius 3 is 2.33 bits per heavy atom. The van der Waals surface area contributed by atoms with Crippen molar-refractivity contribution >= 4 is 44.3 Å². The summed E-state index contributed by atoms with van der Waals surface area (Å²) in [4.78, 5) is 38.5. The lowest BCUT2D eigenvalue weighted by Gasteiger charge is -2.16. The molecule has 0 spiro atoms. The van der Waals surface area contributed by atoms with Crippen LogP contribution in [0.3, 0.4) is 0 Å². The van der Waals surface area contributed by atoms with Gasteiger partial charge >= 0.3 is 0 Å². The topological polar surface area (TPSA) is 101 Å².